The number of hydrogen-bond acceptors (Lipinski definition) is 4. The van der Waals surface area contributed by atoms with Crippen molar-refractivity contribution < 1.29 is 4.74 Å². The third-order valence-electron chi connectivity index (χ3n) is 2.36. The van der Waals surface area contributed by atoms with E-state index >= 15 is 0 Å². The zero-order valence-corrected chi connectivity index (χ0v) is 11.9. The molecule has 0 aliphatic heterocycles. The minimum absolute atomic E-state index is 0.128. The van der Waals surface area contributed by atoms with Crippen LogP contribution in [0.2, 0.25) is 0 Å². The Morgan fingerprint density at radius 3 is 2.72 bits per heavy atom. The molecule has 1 rings (SSSR count). The number of hydrogen-bond donors (Lipinski definition) is 1. The maximum atomic E-state index is 5.62. The summed E-state index contributed by atoms with van der Waals surface area (Å²) >= 11 is 5.62. The summed E-state index contributed by atoms with van der Waals surface area (Å²) in [7, 11) is 0. The van der Waals surface area contributed by atoms with Crippen molar-refractivity contribution >= 4 is 17.4 Å². The zero-order chi connectivity index (χ0) is 13.2. The van der Waals surface area contributed by atoms with E-state index in [0.29, 0.717) is 5.88 Å². The second-order valence-electron chi connectivity index (χ2n) is 4.44. The summed E-state index contributed by atoms with van der Waals surface area (Å²) in [5, 5.41) is 3.27. The van der Waals surface area contributed by atoms with E-state index in [-0.39, 0.29) is 6.10 Å². The van der Waals surface area contributed by atoms with Crippen molar-refractivity contribution in [1.29, 1.82) is 0 Å². The Morgan fingerprint density at radius 2 is 2.00 bits per heavy atom. The Kier molecular flexibility index (Phi) is 7.49. The maximum Gasteiger partial charge on any atom is 0.218 e. The van der Waals surface area contributed by atoms with Gasteiger partial charge in [0.2, 0.25) is 5.88 Å². The summed E-state index contributed by atoms with van der Waals surface area (Å²) in [6.45, 7) is 4.87. The number of ether oxygens (including phenoxy) is 1. The summed E-state index contributed by atoms with van der Waals surface area (Å²) < 4.78 is 5.51. The molecule has 0 spiro atoms. The number of nitrogens with zero attached hydrogens (tertiary/aromatic N) is 2. The van der Waals surface area contributed by atoms with Crippen LogP contribution < -0.4 is 10.1 Å². The number of anilines is 1. The van der Waals surface area contributed by atoms with E-state index in [4.69, 9.17) is 16.3 Å². The van der Waals surface area contributed by atoms with Crippen LogP contribution in [0.15, 0.2) is 12.4 Å². The van der Waals surface area contributed by atoms with Gasteiger partial charge in [0.15, 0.2) is 0 Å². The molecule has 0 aromatic carbocycles. The van der Waals surface area contributed by atoms with Crippen LogP contribution in [0.25, 0.3) is 0 Å². The molecule has 0 bridgehead atoms. The van der Waals surface area contributed by atoms with E-state index in [9.17, 15) is 0 Å². The van der Waals surface area contributed by atoms with Gasteiger partial charge in [-0.15, -0.1) is 11.6 Å². The minimum Gasteiger partial charge on any atom is -0.475 e. The predicted molar refractivity (Wildman–Crippen MR) is 75.5 cm³/mol. The SMILES string of the molecule is CC(C)Oc1cc(NCCCCCCCl)ncn1. The number of halogens is 1. The average molecular weight is 272 g/mol. The highest BCUT2D eigenvalue weighted by Crippen LogP contribution is 2.12. The van der Waals surface area contributed by atoms with Crippen LogP contribution in [-0.2, 0) is 0 Å². The van der Waals surface area contributed by atoms with Gasteiger partial charge in [0.1, 0.15) is 12.1 Å². The largest absolute Gasteiger partial charge is 0.475 e. The molecule has 5 heteroatoms. The average Bonchev–Trinajstić information content (AvgIpc) is 2.33. The Labute approximate surface area is 114 Å². The van der Waals surface area contributed by atoms with E-state index in [1.54, 1.807) is 0 Å². The van der Waals surface area contributed by atoms with Gasteiger partial charge in [-0.2, -0.15) is 0 Å². The number of unbranched alkanes of at least 4 members (excludes halogenated alkanes) is 3. The molecule has 0 unspecified atom stereocenters. The topological polar surface area (TPSA) is 47.0 Å². The maximum absolute atomic E-state index is 5.62. The molecular weight excluding hydrogens is 250 g/mol. The fourth-order valence-corrected chi connectivity index (χ4v) is 1.72. The van der Waals surface area contributed by atoms with Crippen molar-refractivity contribution in [3.05, 3.63) is 12.4 Å². The van der Waals surface area contributed by atoms with Crippen LogP contribution in [0, 0.1) is 0 Å². The van der Waals surface area contributed by atoms with Crippen LogP contribution in [0.5, 0.6) is 5.88 Å². The first-order chi connectivity index (χ1) is 8.72. The second kappa shape index (κ2) is 8.97. The summed E-state index contributed by atoms with van der Waals surface area (Å²) in [5.74, 6) is 2.19. The summed E-state index contributed by atoms with van der Waals surface area (Å²) in [4.78, 5) is 8.22. The first kappa shape index (κ1) is 15.0. The van der Waals surface area contributed by atoms with Crippen molar-refractivity contribution in [2.45, 2.75) is 45.6 Å². The fraction of sp³-hybridized carbons (Fsp3) is 0.692. The fourth-order valence-electron chi connectivity index (χ4n) is 1.53. The van der Waals surface area contributed by atoms with Crippen LogP contribution in [0.3, 0.4) is 0 Å². The molecule has 0 amide bonds. The molecule has 0 aliphatic rings. The molecule has 1 N–H and O–H groups in total. The monoisotopic (exact) mass is 271 g/mol. The lowest BCUT2D eigenvalue weighted by Gasteiger charge is -2.10. The lowest BCUT2D eigenvalue weighted by atomic mass is 10.2. The van der Waals surface area contributed by atoms with Crippen molar-refractivity contribution in [3.63, 3.8) is 0 Å². The van der Waals surface area contributed by atoms with Gasteiger partial charge in [-0.05, 0) is 26.7 Å². The zero-order valence-electron chi connectivity index (χ0n) is 11.2. The van der Waals surface area contributed by atoms with Gasteiger partial charge in [-0.3, -0.25) is 0 Å². The van der Waals surface area contributed by atoms with Crippen molar-refractivity contribution in [2.75, 3.05) is 17.7 Å². The van der Waals surface area contributed by atoms with Crippen molar-refractivity contribution in [3.8, 4) is 5.88 Å². The minimum atomic E-state index is 0.128. The highest BCUT2D eigenvalue weighted by molar-refractivity contribution is 6.17. The van der Waals surface area contributed by atoms with Crippen molar-refractivity contribution in [2.24, 2.45) is 0 Å². The Balaban J connectivity index is 2.25. The molecule has 1 heterocycles. The quantitative estimate of drug-likeness (QED) is 0.552. The van der Waals surface area contributed by atoms with Gasteiger partial charge in [-0.1, -0.05) is 12.8 Å². The molecule has 18 heavy (non-hydrogen) atoms. The normalized spacial score (nSPS) is 10.7. The molecule has 0 aliphatic carbocycles. The predicted octanol–water partition coefficient (Wildman–Crippen LogP) is 3.47. The van der Waals surface area contributed by atoms with E-state index in [1.807, 2.05) is 19.9 Å². The molecule has 4 nitrogen and oxygen atoms in total. The van der Waals surface area contributed by atoms with Crippen molar-refractivity contribution in [1.82, 2.24) is 9.97 Å². The number of alkyl halides is 1. The molecule has 0 radical (unpaired) electrons. The van der Waals surface area contributed by atoms with Gasteiger partial charge < -0.3 is 10.1 Å². The van der Waals surface area contributed by atoms with Crippen LogP contribution in [0.4, 0.5) is 5.82 Å². The van der Waals surface area contributed by atoms with Gasteiger partial charge in [0.05, 0.1) is 6.10 Å². The molecule has 0 saturated heterocycles. The first-order valence-electron chi connectivity index (χ1n) is 6.51. The molecule has 102 valence electrons. The van der Waals surface area contributed by atoms with Gasteiger partial charge in [-0.25, -0.2) is 9.97 Å². The van der Waals surface area contributed by atoms with Gasteiger partial charge in [0.25, 0.3) is 0 Å². The summed E-state index contributed by atoms with van der Waals surface area (Å²) in [6, 6.07) is 1.83. The Bertz CT molecular complexity index is 334. The van der Waals surface area contributed by atoms with E-state index in [0.717, 1.165) is 31.1 Å². The molecular formula is C13H22ClN3O. The van der Waals surface area contributed by atoms with E-state index < -0.39 is 0 Å². The molecule has 1 aromatic rings. The van der Waals surface area contributed by atoms with E-state index in [1.165, 1.54) is 19.2 Å². The van der Waals surface area contributed by atoms with E-state index in [2.05, 4.69) is 15.3 Å². The highest BCUT2D eigenvalue weighted by Gasteiger charge is 2.01. The van der Waals surface area contributed by atoms with Gasteiger partial charge >= 0.3 is 0 Å². The van der Waals surface area contributed by atoms with Crippen LogP contribution in [-0.4, -0.2) is 28.5 Å². The molecule has 0 fully saturated rings. The Hall–Kier alpha value is -1.03. The summed E-state index contributed by atoms with van der Waals surface area (Å²) in [5.41, 5.74) is 0. The third-order valence-corrected chi connectivity index (χ3v) is 2.63. The second-order valence-corrected chi connectivity index (χ2v) is 4.82. The molecule has 1 aromatic heterocycles. The smallest absolute Gasteiger partial charge is 0.218 e. The molecule has 0 atom stereocenters. The summed E-state index contributed by atoms with van der Waals surface area (Å²) in [6.07, 6.45) is 6.26. The standard InChI is InChI=1S/C13H22ClN3O/c1-11(2)18-13-9-12(16-10-17-13)15-8-6-4-3-5-7-14/h9-11H,3-8H2,1-2H3,(H,15,16,17). The van der Waals surface area contributed by atoms with Gasteiger partial charge in [0, 0.05) is 18.5 Å². The third kappa shape index (κ3) is 6.64. The van der Waals surface area contributed by atoms with Crippen LogP contribution in [0.1, 0.15) is 39.5 Å². The molecule has 0 saturated carbocycles. The Morgan fingerprint density at radius 1 is 1.22 bits per heavy atom. The lowest BCUT2D eigenvalue weighted by molar-refractivity contribution is 0.232. The first-order valence-corrected chi connectivity index (χ1v) is 7.04. The van der Waals surface area contributed by atoms with Crippen LogP contribution >= 0.6 is 11.6 Å². The highest BCUT2D eigenvalue weighted by atomic mass is 35.5. The number of nitrogens with one attached hydrogen (secondary N) is 1. The lowest BCUT2D eigenvalue weighted by Crippen LogP contribution is -2.08. The number of aromatic nitrogens is 2. The number of rotatable bonds is 9.